The third-order valence-corrected chi connectivity index (χ3v) is 1.70. The molecule has 0 saturated carbocycles. The fourth-order valence-corrected chi connectivity index (χ4v) is 1.01. The molecule has 0 aliphatic heterocycles. The summed E-state index contributed by atoms with van der Waals surface area (Å²) in [6.07, 6.45) is 0. The van der Waals surface area contributed by atoms with Crippen molar-refractivity contribution in [3.05, 3.63) is 23.3 Å². The molecule has 0 saturated heterocycles. The molecule has 1 rings (SSSR count). The van der Waals surface area contributed by atoms with Crippen LogP contribution in [0, 0.1) is 6.92 Å². The van der Waals surface area contributed by atoms with Gasteiger partial charge in [0.15, 0.2) is 0 Å². The highest BCUT2D eigenvalue weighted by Gasteiger charge is 2.08. The van der Waals surface area contributed by atoms with Gasteiger partial charge in [-0.15, -0.1) is 0 Å². The fourth-order valence-electron chi connectivity index (χ4n) is 1.01. The Hall–Kier alpha value is -1.45. The van der Waals surface area contributed by atoms with Gasteiger partial charge in [-0.05, 0) is 18.9 Å². The van der Waals surface area contributed by atoms with E-state index in [1.165, 1.54) is 0 Å². The standard InChI is InChI=1S/C9H13N3O/c1-5(2)7-4-8(9(10)13)12-6(3)11-7/h4-5H,1-3H3,(H2,10,13). The molecule has 0 fully saturated rings. The van der Waals surface area contributed by atoms with E-state index in [1.807, 2.05) is 13.8 Å². The van der Waals surface area contributed by atoms with Crippen molar-refractivity contribution in [2.45, 2.75) is 26.7 Å². The minimum absolute atomic E-state index is 0.278. The largest absolute Gasteiger partial charge is 0.364 e. The van der Waals surface area contributed by atoms with Crippen LogP contribution in [-0.2, 0) is 0 Å². The average Bonchev–Trinajstić information content (AvgIpc) is 2.03. The maximum Gasteiger partial charge on any atom is 0.267 e. The molecule has 0 aliphatic rings. The number of carbonyl (C=O) groups excluding carboxylic acids is 1. The van der Waals surface area contributed by atoms with Crippen LogP contribution >= 0.6 is 0 Å². The van der Waals surface area contributed by atoms with Gasteiger partial charge in [0.25, 0.3) is 5.91 Å². The van der Waals surface area contributed by atoms with Crippen molar-refractivity contribution in [2.75, 3.05) is 0 Å². The second-order valence-corrected chi connectivity index (χ2v) is 3.24. The molecule has 1 heterocycles. The van der Waals surface area contributed by atoms with E-state index >= 15 is 0 Å². The molecular formula is C9H13N3O. The summed E-state index contributed by atoms with van der Waals surface area (Å²) >= 11 is 0. The average molecular weight is 179 g/mol. The Kier molecular flexibility index (Phi) is 2.60. The summed E-state index contributed by atoms with van der Waals surface area (Å²) in [5.41, 5.74) is 6.26. The molecule has 0 atom stereocenters. The molecule has 4 heteroatoms. The normalized spacial score (nSPS) is 10.5. The maximum absolute atomic E-state index is 10.9. The molecule has 0 unspecified atom stereocenters. The Morgan fingerprint density at radius 3 is 2.54 bits per heavy atom. The molecule has 1 aromatic rings. The van der Waals surface area contributed by atoms with Crippen LogP contribution in [-0.4, -0.2) is 15.9 Å². The zero-order valence-corrected chi connectivity index (χ0v) is 8.03. The summed E-state index contributed by atoms with van der Waals surface area (Å²) < 4.78 is 0. The monoisotopic (exact) mass is 179 g/mol. The van der Waals surface area contributed by atoms with E-state index < -0.39 is 5.91 Å². The number of primary amides is 1. The molecule has 0 aliphatic carbocycles. The zero-order valence-electron chi connectivity index (χ0n) is 8.03. The predicted molar refractivity (Wildman–Crippen MR) is 49.4 cm³/mol. The molecule has 1 aromatic heterocycles. The van der Waals surface area contributed by atoms with E-state index in [0.717, 1.165) is 5.69 Å². The molecule has 0 bridgehead atoms. The smallest absolute Gasteiger partial charge is 0.267 e. The molecule has 0 spiro atoms. The number of aromatic nitrogens is 2. The molecule has 13 heavy (non-hydrogen) atoms. The number of amides is 1. The second-order valence-electron chi connectivity index (χ2n) is 3.24. The summed E-state index contributed by atoms with van der Waals surface area (Å²) in [7, 11) is 0. The van der Waals surface area contributed by atoms with Crippen LogP contribution in [0.2, 0.25) is 0 Å². The summed E-state index contributed by atoms with van der Waals surface area (Å²) in [5.74, 6) is 0.354. The minimum atomic E-state index is -0.507. The van der Waals surface area contributed by atoms with Crippen molar-refractivity contribution < 1.29 is 4.79 Å². The maximum atomic E-state index is 10.9. The number of hydrogen-bond donors (Lipinski definition) is 1. The van der Waals surface area contributed by atoms with Crippen molar-refractivity contribution >= 4 is 5.91 Å². The van der Waals surface area contributed by atoms with Gasteiger partial charge in [0, 0.05) is 5.69 Å². The fraction of sp³-hybridized carbons (Fsp3) is 0.444. The Morgan fingerprint density at radius 2 is 2.08 bits per heavy atom. The minimum Gasteiger partial charge on any atom is -0.364 e. The van der Waals surface area contributed by atoms with Crippen molar-refractivity contribution in [1.82, 2.24) is 9.97 Å². The van der Waals surface area contributed by atoms with Gasteiger partial charge in [0.05, 0.1) is 0 Å². The number of rotatable bonds is 2. The summed E-state index contributed by atoms with van der Waals surface area (Å²) in [5, 5.41) is 0. The number of nitrogens with two attached hydrogens (primary N) is 1. The first-order chi connectivity index (χ1) is 6.00. The highest BCUT2D eigenvalue weighted by atomic mass is 16.1. The lowest BCUT2D eigenvalue weighted by Gasteiger charge is -2.06. The molecule has 2 N–H and O–H groups in total. The lowest BCUT2D eigenvalue weighted by molar-refractivity contribution is 0.0995. The topological polar surface area (TPSA) is 68.9 Å². The number of aryl methyl sites for hydroxylation is 1. The van der Waals surface area contributed by atoms with Crippen molar-refractivity contribution in [2.24, 2.45) is 5.73 Å². The molecular weight excluding hydrogens is 166 g/mol. The van der Waals surface area contributed by atoms with Crippen LogP contribution in [0.5, 0.6) is 0 Å². The van der Waals surface area contributed by atoms with Gasteiger partial charge in [-0.1, -0.05) is 13.8 Å². The van der Waals surface area contributed by atoms with E-state index in [-0.39, 0.29) is 11.6 Å². The third-order valence-electron chi connectivity index (χ3n) is 1.70. The molecule has 0 radical (unpaired) electrons. The van der Waals surface area contributed by atoms with Crippen LogP contribution in [0.25, 0.3) is 0 Å². The van der Waals surface area contributed by atoms with Gasteiger partial charge in [-0.25, -0.2) is 9.97 Å². The number of hydrogen-bond acceptors (Lipinski definition) is 3. The summed E-state index contributed by atoms with van der Waals surface area (Å²) in [6, 6.07) is 1.64. The molecule has 1 amide bonds. The van der Waals surface area contributed by atoms with E-state index in [0.29, 0.717) is 5.82 Å². The van der Waals surface area contributed by atoms with Crippen molar-refractivity contribution in [1.29, 1.82) is 0 Å². The van der Waals surface area contributed by atoms with Crippen LogP contribution in [0.1, 0.15) is 41.8 Å². The first kappa shape index (κ1) is 9.64. The van der Waals surface area contributed by atoms with E-state index in [9.17, 15) is 4.79 Å². The summed E-state index contributed by atoms with van der Waals surface area (Å²) in [4.78, 5) is 19.0. The Labute approximate surface area is 77.2 Å². The van der Waals surface area contributed by atoms with E-state index in [4.69, 9.17) is 5.73 Å². The van der Waals surface area contributed by atoms with Crippen LogP contribution < -0.4 is 5.73 Å². The lowest BCUT2D eigenvalue weighted by atomic mass is 10.1. The van der Waals surface area contributed by atoms with Gasteiger partial charge in [0.2, 0.25) is 0 Å². The van der Waals surface area contributed by atoms with Crippen LogP contribution in [0.4, 0.5) is 0 Å². The van der Waals surface area contributed by atoms with Gasteiger partial charge in [-0.2, -0.15) is 0 Å². The predicted octanol–water partition coefficient (Wildman–Crippen LogP) is 1.01. The SMILES string of the molecule is Cc1nc(C(N)=O)cc(C(C)C)n1. The van der Waals surface area contributed by atoms with Crippen molar-refractivity contribution in [3.63, 3.8) is 0 Å². The second kappa shape index (κ2) is 3.51. The Bertz CT molecular complexity index is 334. The van der Waals surface area contributed by atoms with Gasteiger partial charge >= 0.3 is 0 Å². The molecule has 70 valence electrons. The Morgan fingerprint density at radius 1 is 1.46 bits per heavy atom. The highest BCUT2D eigenvalue weighted by molar-refractivity contribution is 5.90. The highest BCUT2D eigenvalue weighted by Crippen LogP contribution is 2.12. The third kappa shape index (κ3) is 2.24. The van der Waals surface area contributed by atoms with Gasteiger partial charge < -0.3 is 5.73 Å². The van der Waals surface area contributed by atoms with Gasteiger partial charge in [0.1, 0.15) is 11.5 Å². The first-order valence-electron chi connectivity index (χ1n) is 4.16. The number of nitrogens with zero attached hydrogens (tertiary/aromatic N) is 2. The molecule has 4 nitrogen and oxygen atoms in total. The van der Waals surface area contributed by atoms with Crippen molar-refractivity contribution in [3.8, 4) is 0 Å². The zero-order chi connectivity index (χ0) is 10.0. The lowest BCUT2D eigenvalue weighted by Crippen LogP contribution is -2.15. The number of carbonyl (C=O) groups is 1. The summed E-state index contributed by atoms with van der Waals surface area (Å²) in [6.45, 7) is 5.76. The van der Waals surface area contributed by atoms with Gasteiger partial charge in [-0.3, -0.25) is 4.79 Å². The van der Waals surface area contributed by atoms with E-state index in [2.05, 4.69) is 9.97 Å². The quantitative estimate of drug-likeness (QED) is 0.736. The van der Waals surface area contributed by atoms with Crippen LogP contribution in [0.3, 0.4) is 0 Å². The Balaban J connectivity index is 3.19. The van der Waals surface area contributed by atoms with Crippen LogP contribution in [0.15, 0.2) is 6.07 Å². The first-order valence-corrected chi connectivity index (χ1v) is 4.16. The molecule has 0 aromatic carbocycles. The van der Waals surface area contributed by atoms with E-state index in [1.54, 1.807) is 13.0 Å².